The number of aldehydes is 1. The summed E-state index contributed by atoms with van der Waals surface area (Å²) in [5.41, 5.74) is 3.83. The lowest BCUT2D eigenvalue weighted by Crippen LogP contribution is -1.90. The van der Waals surface area contributed by atoms with Crippen molar-refractivity contribution in [3.05, 3.63) is 47.0 Å². The number of benzene rings is 1. The van der Waals surface area contributed by atoms with Gasteiger partial charge >= 0.3 is 0 Å². The summed E-state index contributed by atoms with van der Waals surface area (Å²) in [6.07, 6.45) is 4.47. The van der Waals surface area contributed by atoms with Gasteiger partial charge in [0.05, 0.1) is 0 Å². The third-order valence-corrected chi connectivity index (χ3v) is 2.40. The Morgan fingerprint density at radius 2 is 2.07 bits per heavy atom. The smallest absolute Gasteiger partial charge is 0.142 e. The molecule has 0 heterocycles. The molecule has 1 rings (SSSR count). The first-order valence-electron chi connectivity index (χ1n) is 4.89. The molecule has 0 bridgehead atoms. The number of aryl methyl sites for hydroxylation is 2. The van der Waals surface area contributed by atoms with Crippen LogP contribution in [0.1, 0.15) is 24.5 Å². The van der Waals surface area contributed by atoms with Gasteiger partial charge < -0.3 is 0 Å². The van der Waals surface area contributed by atoms with Crippen molar-refractivity contribution in [2.45, 2.75) is 26.7 Å². The third kappa shape index (κ3) is 3.17. The molecule has 0 aliphatic carbocycles. The summed E-state index contributed by atoms with van der Waals surface area (Å²) < 4.78 is 0. The fourth-order valence-corrected chi connectivity index (χ4v) is 1.42. The maximum absolute atomic E-state index is 10.2. The van der Waals surface area contributed by atoms with Crippen molar-refractivity contribution in [1.82, 2.24) is 0 Å². The third-order valence-electron chi connectivity index (χ3n) is 2.40. The molecule has 0 atom stereocenters. The Morgan fingerprint density at radius 1 is 1.36 bits per heavy atom. The van der Waals surface area contributed by atoms with Crippen LogP contribution in [0.25, 0.3) is 0 Å². The normalized spacial score (nSPS) is 11.4. The molecule has 0 amide bonds. The number of rotatable bonds is 4. The first-order chi connectivity index (χ1) is 6.74. The van der Waals surface area contributed by atoms with Gasteiger partial charge in [-0.15, -0.1) is 0 Å². The minimum absolute atomic E-state index is 0.854. The summed E-state index contributed by atoms with van der Waals surface area (Å²) in [6.45, 7) is 4.11. The van der Waals surface area contributed by atoms with Gasteiger partial charge in [-0.2, -0.15) is 0 Å². The molecule has 0 saturated carbocycles. The molecular weight excluding hydrogens is 172 g/mol. The highest BCUT2D eigenvalue weighted by atomic mass is 16.1. The Bertz CT molecular complexity index is 337. The molecule has 0 aliphatic rings. The molecular formula is C13H16O. The molecule has 0 saturated heterocycles. The summed E-state index contributed by atoms with van der Waals surface area (Å²) in [4.78, 5) is 10.2. The zero-order chi connectivity index (χ0) is 10.4. The van der Waals surface area contributed by atoms with Crippen molar-refractivity contribution in [2.75, 3.05) is 0 Å². The van der Waals surface area contributed by atoms with E-state index in [2.05, 4.69) is 25.1 Å². The van der Waals surface area contributed by atoms with Crippen molar-refractivity contribution in [1.29, 1.82) is 0 Å². The van der Waals surface area contributed by atoms with E-state index in [4.69, 9.17) is 0 Å². The standard InChI is InChI=1S/C13H16O/c1-11(9-10-14)7-8-13-6-4-3-5-12(13)2/h3-6,9-10H,7-8H2,1-2H3. The minimum Gasteiger partial charge on any atom is -0.299 e. The van der Waals surface area contributed by atoms with Gasteiger partial charge in [0.15, 0.2) is 0 Å². The van der Waals surface area contributed by atoms with Gasteiger partial charge in [0.2, 0.25) is 0 Å². The van der Waals surface area contributed by atoms with Crippen molar-refractivity contribution in [2.24, 2.45) is 0 Å². The molecule has 0 unspecified atom stereocenters. The fourth-order valence-electron chi connectivity index (χ4n) is 1.42. The van der Waals surface area contributed by atoms with Crippen LogP contribution in [-0.4, -0.2) is 6.29 Å². The van der Waals surface area contributed by atoms with Crippen LogP contribution in [0.4, 0.5) is 0 Å². The van der Waals surface area contributed by atoms with Gasteiger partial charge in [-0.05, 0) is 43.9 Å². The summed E-state index contributed by atoms with van der Waals surface area (Å²) in [5.74, 6) is 0. The Balaban J connectivity index is 2.58. The van der Waals surface area contributed by atoms with E-state index in [0.29, 0.717) is 0 Å². The van der Waals surface area contributed by atoms with E-state index >= 15 is 0 Å². The largest absolute Gasteiger partial charge is 0.299 e. The van der Waals surface area contributed by atoms with Crippen LogP contribution in [-0.2, 0) is 11.2 Å². The molecule has 1 aromatic carbocycles. The molecule has 1 aromatic rings. The number of allylic oxidation sites excluding steroid dienone is 2. The molecule has 74 valence electrons. The van der Waals surface area contributed by atoms with Crippen molar-refractivity contribution in [3.8, 4) is 0 Å². The van der Waals surface area contributed by atoms with E-state index in [1.165, 1.54) is 11.1 Å². The molecule has 0 aliphatic heterocycles. The Morgan fingerprint density at radius 3 is 2.71 bits per heavy atom. The second kappa shape index (κ2) is 5.38. The Kier molecular flexibility index (Phi) is 4.11. The van der Waals surface area contributed by atoms with Crippen molar-refractivity contribution >= 4 is 6.29 Å². The molecule has 0 aromatic heterocycles. The first-order valence-corrected chi connectivity index (χ1v) is 4.89. The van der Waals surface area contributed by atoms with Crippen LogP contribution in [0.15, 0.2) is 35.9 Å². The monoisotopic (exact) mass is 188 g/mol. The molecule has 14 heavy (non-hydrogen) atoms. The van der Waals surface area contributed by atoms with Crippen LogP contribution < -0.4 is 0 Å². The number of hydrogen-bond acceptors (Lipinski definition) is 1. The number of carbonyl (C=O) groups is 1. The average Bonchev–Trinajstić information content (AvgIpc) is 2.17. The zero-order valence-corrected chi connectivity index (χ0v) is 8.79. The molecule has 0 N–H and O–H groups in total. The van der Waals surface area contributed by atoms with Crippen molar-refractivity contribution < 1.29 is 4.79 Å². The molecule has 0 fully saturated rings. The van der Waals surface area contributed by atoms with Crippen LogP contribution in [0.3, 0.4) is 0 Å². The van der Waals surface area contributed by atoms with Gasteiger partial charge in [0, 0.05) is 0 Å². The highest BCUT2D eigenvalue weighted by Gasteiger charge is 1.97. The highest BCUT2D eigenvalue weighted by molar-refractivity contribution is 5.65. The Hall–Kier alpha value is -1.37. The van der Waals surface area contributed by atoms with Gasteiger partial charge in [0.25, 0.3) is 0 Å². The van der Waals surface area contributed by atoms with E-state index in [1.54, 1.807) is 6.08 Å². The second-order valence-electron chi connectivity index (χ2n) is 3.58. The minimum atomic E-state index is 0.854. The van der Waals surface area contributed by atoms with E-state index in [1.807, 2.05) is 13.0 Å². The quantitative estimate of drug-likeness (QED) is 0.524. The van der Waals surface area contributed by atoms with E-state index in [0.717, 1.165) is 24.7 Å². The first kappa shape index (κ1) is 10.7. The maximum Gasteiger partial charge on any atom is 0.142 e. The van der Waals surface area contributed by atoms with Crippen molar-refractivity contribution in [3.63, 3.8) is 0 Å². The predicted molar refractivity (Wildman–Crippen MR) is 59.3 cm³/mol. The molecule has 1 heteroatoms. The second-order valence-corrected chi connectivity index (χ2v) is 3.58. The Labute approximate surface area is 85.5 Å². The lowest BCUT2D eigenvalue weighted by Gasteiger charge is -2.04. The van der Waals surface area contributed by atoms with Crippen LogP contribution in [0.5, 0.6) is 0 Å². The highest BCUT2D eigenvalue weighted by Crippen LogP contribution is 2.12. The van der Waals surface area contributed by atoms with Crippen LogP contribution in [0, 0.1) is 6.92 Å². The zero-order valence-electron chi connectivity index (χ0n) is 8.79. The number of hydrogen-bond donors (Lipinski definition) is 0. The lowest BCUT2D eigenvalue weighted by molar-refractivity contribution is -0.104. The van der Waals surface area contributed by atoms with Gasteiger partial charge in [0.1, 0.15) is 6.29 Å². The summed E-state index contributed by atoms with van der Waals surface area (Å²) in [6, 6.07) is 8.37. The predicted octanol–water partition coefficient (Wildman–Crippen LogP) is 3.07. The summed E-state index contributed by atoms with van der Waals surface area (Å²) in [5, 5.41) is 0. The van der Waals surface area contributed by atoms with E-state index < -0.39 is 0 Å². The summed E-state index contributed by atoms with van der Waals surface area (Å²) in [7, 11) is 0. The lowest BCUT2D eigenvalue weighted by atomic mass is 10.0. The average molecular weight is 188 g/mol. The van der Waals surface area contributed by atoms with Crippen LogP contribution in [0.2, 0.25) is 0 Å². The maximum atomic E-state index is 10.2. The molecule has 0 spiro atoms. The molecule has 1 nitrogen and oxygen atoms in total. The van der Waals surface area contributed by atoms with Gasteiger partial charge in [-0.25, -0.2) is 0 Å². The van der Waals surface area contributed by atoms with E-state index in [-0.39, 0.29) is 0 Å². The topological polar surface area (TPSA) is 17.1 Å². The van der Waals surface area contributed by atoms with Gasteiger partial charge in [-0.3, -0.25) is 4.79 Å². The SMILES string of the molecule is CC(=CC=O)CCc1ccccc1C. The van der Waals surface area contributed by atoms with Crippen LogP contribution >= 0.6 is 0 Å². The summed E-state index contributed by atoms with van der Waals surface area (Å²) >= 11 is 0. The van der Waals surface area contributed by atoms with Gasteiger partial charge in [-0.1, -0.05) is 29.8 Å². The molecule has 0 radical (unpaired) electrons. The fraction of sp³-hybridized carbons (Fsp3) is 0.308. The number of carbonyl (C=O) groups excluding carboxylic acids is 1. The van der Waals surface area contributed by atoms with E-state index in [9.17, 15) is 4.79 Å².